The smallest absolute Gasteiger partial charge is 0.173 e. The molecule has 5 heteroatoms. The third-order valence-electron chi connectivity index (χ3n) is 4.53. The van der Waals surface area contributed by atoms with Gasteiger partial charge < -0.3 is 10.2 Å². The summed E-state index contributed by atoms with van der Waals surface area (Å²) in [7, 11) is 0. The van der Waals surface area contributed by atoms with Crippen molar-refractivity contribution in [1.29, 1.82) is 0 Å². The lowest BCUT2D eigenvalue weighted by molar-refractivity contribution is 0.312. The number of halogens is 1. The average molecular weight is 360 g/mol. The predicted molar refractivity (Wildman–Crippen MR) is 104 cm³/mol. The van der Waals surface area contributed by atoms with Gasteiger partial charge in [0.15, 0.2) is 5.11 Å². The molecule has 3 rings (SSSR count). The molecule has 126 valence electrons. The Morgan fingerprint density at radius 1 is 1.33 bits per heavy atom. The van der Waals surface area contributed by atoms with E-state index in [0.29, 0.717) is 6.04 Å². The van der Waals surface area contributed by atoms with Gasteiger partial charge in [0.1, 0.15) is 0 Å². The minimum atomic E-state index is 0.498. The van der Waals surface area contributed by atoms with Crippen LogP contribution in [0.4, 0.5) is 5.69 Å². The molecule has 1 aromatic heterocycles. The van der Waals surface area contributed by atoms with Crippen LogP contribution in [0.1, 0.15) is 36.8 Å². The fourth-order valence-electron chi connectivity index (χ4n) is 3.23. The van der Waals surface area contributed by atoms with Gasteiger partial charge in [-0.2, -0.15) is 0 Å². The van der Waals surface area contributed by atoms with Crippen molar-refractivity contribution in [3.63, 3.8) is 0 Å². The molecule has 1 aliphatic rings. The molecule has 1 saturated carbocycles. The van der Waals surface area contributed by atoms with Gasteiger partial charge in [0.05, 0.1) is 0 Å². The summed E-state index contributed by atoms with van der Waals surface area (Å²) in [6, 6.07) is 10.4. The van der Waals surface area contributed by atoms with Crippen LogP contribution in [-0.4, -0.2) is 21.0 Å². The third kappa shape index (κ3) is 4.25. The summed E-state index contributed by atoms with van der Waals surface area (Å²) in [6.07, 6.45) is 8.66. The van der Waals surface area contributed by atoms with Crippen molar-refractivity contribution in [2.24, 2.45) is 0 Å². The van der Waals surface area contributed by atoms with Crippen LogP contribution in [0, 0.1) is 6.92 Å². The SMILES string of the molecule is Cc1cc(Cl)ccc1NC(=S)N(Cc1cccnc1)C1CCCC1. The maximum atomic E-state index is 6.05. The van der Waals surface area contributed by atoms with Crippen LogP contribution in [0.3, 0.4) is 0 Å². The summed E-state index contributed by atoms with van der Waals surface area (Å²) >= 11 is 11.8. The molecule has 1 heterocycles. The Hall–Kier alpha value is -1.65. The number of anilines is 1. The van der Waals surface area contributed by atoms with Crippen molar-refractivity contribution in [2.45, 2.75) is 45.2 Å². The van der Waals surface area contributed by atoms with E-state index < -0.39 is 0 Å². The highest BCUT2D eigenvalue weighted by Gasteiger charge is 2.25. The molecule has 3 nitrogen and oxygen atoms in total. The van der Waals surface area contributed by atoms with Crippen molar-refractivity contribution >= 4 is 34.6 Å². The van der Waals surface area contributed by atoms with Gasteiger partial charge >= 0.3 is 0 Å². The van der Waals surface area contributed by atoms with Gasteiger partial charge in [-0.3, -0.25) is 4.98 Å². The van der Waals surface area contributed by atoms with Gasteiger partial charge in [-0.1, -0.05) is 30.5 Å². The first-order valence-electron chi connectivity index (χ1n) is 8.36. The number of rotatable bonds is 4. The van der Waals surface area contributed by atoms with Crippen molar-refractivity contribution in [3.05, 3.63) is 58.9 Å². The number of nitrogens with one attached hydrogen (secondary N) is 1. The van der Waals surface area contributed by atoms with Crippen molar-refractivity contribution in [2.75, 3.05) is 5.32 Å². The molecule has 0 amide bonds. The highest BCUT2D eigenvalue weighted by Crippen LogP contribution is 2.27. The highest BCUT2D eigenvalue weighted by molar-refractivity contribution is 7.80. The standard InChI is InChI=1S/C19H22ClN3S/c1-14-11-16(20)8-9-18(14)22-19(24)23(17-6-2-3-7-17)13-15-5-4-10-21-12-15/h4-5,8-12,17H,2-3,6-7,13H2,1H3,(H,22,24). The Morgan fingerprint density at radius 3 is 2.79 bits per heavy atom. The molecular formula is C19H22ClN3S. The summed E-state index contributed by atoms with van der Waals surface area (Å²) in [5.74, 6) is 0. The maximum absolute atomic E-state index is 6.05. The normalized spacial score (nSPS) is 14.6. The molecule has 0 unspecified atom stereocenters. The summed E-state index contributed by atoms with van der Waals surface area (Å²) in [4.78, 5) is 6.54. The van der Waals surface area contributed by atoms with E-state index >= 15 is 0 Å². The van der Waals surface area contributed by atoms with Gasteiger partial charge in [0, 0.05) is 35.7 Å². The molecule has 24 heavy (non-hydrogen) atoms. The molecule has 0 bridgehead atoms. The van der Waals surface area contributed by atoms with E-state index in [9.17, 15) is 0 Å². The van der Waals surface area contributed by atoms with E-state index in [4.69, 9.17) is 23.8 Å². The summed E-state index contributed by atoms with van der Waals surface area (Å²) in [6.45, 7) is 2.83. The van der Waals surface area contributed by atoms with Gasteiger partial charge in [0.2, 0.25) is 0 Å². The molecule has 1 N–H and O–H groups in total. The molecular weight excluding hydrogens is 338 g/mol. The largest absolute Gasteiger partial charge is 0.342 e. The molecule has 0 spiro atoms. The first-order valence-corrected chi connectivity index (χ1v) is 9.15. The second kappa shape index (κ2) is 7.95. The first kappa shape index (κ1) is 17.2. The molecule has 0 saturated heterocycles. The Balaban J connectivity index is 1.77. The second-order valence-corrected chi connectivity index (χ2v) is 7.14. The van der Waals surface area contributed by atoms with Crippen LogP contribution >= 0.6 is 23.8 Å². The molecule has 1 fully saturated rings. The number of hydrogen-bond donors (Lipinski definition) is 1. The van der Waals surface area contributed by atoms with Gasteiger partial charge in [-0.15, -0.1) is 0 Å². The molecule has 2 aromatic rings. The number of aryl methyl sites for hydroxylation is 1. The van der Waals surface area contributed by atoms with Crippen LogP contribution < -0.4 is 5.32 Å². The summed E-state index contributed by atoms with van der Waals surface area (Å²) < 4.78 is 0. The Morgan fingerprint density at radius 2 is 2.12 bits per heavy atom. The fraction of sp³-hybridized carbons (Fsp3) is 0.368. The molecule has 1 aliphatic carbocycles. The highest BCUT2D eigenvalue weighted by atomic mass is 35.5. The quantitative estimate of drug-likeness (QED) is 0.761. The lowest BCUT2D eigenvalue weighted by atomic mass is 10.1. The number of benzene rings is 1. The first-order chi connectivity index (χ1) is 11.6. The number of hydrogen-bond acceptors (Lipinski definition) is 2. The zero-order valence-electron chi connectivity index (χ0n) is 13.8. The van der Waals surface area contributed by atoms with Crippen LogP contribution in [0.5, 0.6) is 0 Å². The molecule has 0 aliphatic heterocycles. The third-order valence-corrected chi connectivity index (χ3v) is 5.10. The molecule has 0 atom stereocenters. The zero-order chi connectivity index (χ0) is 16.9. The fourth-order valence-corrected chi connectivity index (χ4v) is 3.78. The number of aromatic nitrogens is 1. The zero-order valence-corrected chi connectivity index (χ0v) is 15.4. The minimum absolute atomic E-state index is 0.498. The minimum Gasteiger partial charge on any atom is -0.342 e. The van der Waals surface area contributed by atoms with Crippen molar-refractivity contribution in [3.8, 4) is 0 Å². The van der Waals surface area contributed by atoms with Crippen LogP contribution in [-0.2, 0) is 6.54 Å². The van der Waals surface area contributed by atoms with Crippen LogP contribution in [0.15, 0.2) is 42.7 Å². The Labute approximate surface area is 154 Å². The number of thiocarbonyl (C=S) groups is 1. The predicted octanol–water partition coefficient (Wildman–Crippen LogP) is 5.19. The Bertz CT molecular complexity index is 699. The van der Waals surface area contributed by atoms with Gasteiger partial charge in [0.25, 0.3) is 0 Å². The monoisotopic (exact) mass is 359 g/mol. The lowest BCUT2D eigenvalue weighted by Crippen LogP contribution is -2.41. The van der Waals surface area contributed by atoms with E-state index in [1.165, 1.54) is 31.2 Å². The average Bonchev–Trinajstić information content (AvgIpc) is 3.10. The van der Waals surface area contributed by atoms with E-state index in [1.807, 2.05) is 37.4 Å². The van der Waals surface area contributed by atoms with Gasteiger partial charge in [-0.25, -0.2) is 0 Å². The topological polar surface area (TPSA) is 28.2 Å². The van der Waals surface area contributed by atoms with Crippen molar-refractivity contribution < 1.29 is 0 Å². The number of pyridine rings is 1. The van der Waals surface area contributed by atoms with Crippen LogP contribution in [0.25, 0.3) is 0 Å². The molecule has 0 radical (unpaired) electrons. The lowest BCUT2D eigenvalue weighted by Gasteiger charge is -2.32. The van der Waals surface area contributed by atoms with Crippen molar-refractivity contribution in [1.82, 2.24) is 9.88 Å². The number of nitrogens with zero attached hydrogens (tertiary/aromatic N) is 2. The molecule has 1 aromatic carbocycles. The van der Waals surface area contributed by atoms with Gasteiger partial charge in [-0.05, 0) is 67.4 Å². The Kier molecular flexibility index (Phi) is 5.69. The van der Waals surface area contributed by atoms with E-state index in [2.05, 4.69) is 21.3 Å². The second-order valence-electron chi connectivity index (χ2n) is 6.32. The summed E-state index contributed by atoms with van der Waals surface area (Å²) in [5, 5.41) is 4.93. The van der Waals surface area contributed by atoms with E-state index in [-0.39, 0.29) is 0 Å². The van der Waals surface area contributed by atoms with Crippen LogP contribution in [0.2, 0.25) is 5.02 Å². The van der Waals surface area contributed by atoms with E-state index in [1.54, 1.807) is 6.20 Å². The van der Waals surface area contributed by atoms with E-state index in [0.717, 1.165) is 27.9 Å². The summed E-state index contributed by atoms with van der Waals surface area (Å²) in [5.41, 5.74) is 3.29. The maximum Gasteiger partial charge on any atom is 0.173 e.